The van der Waals surface area contributed by atoms with Crippen molar-refractivity contribution in [2.45, 2.75) is 51.0 Å². The highest BCUT2D eigenvalue weighted by Crippen LogP contribution is 2.30. The van der Waals surface area contributed by atoms with Crippen molar-refractivity contribution in [1.29, 1.82) is 5.26 Å². The smallest absolute Gasteiger partial charge is 0.311 e. The van der Waals surface area contributed by atoms with Crippen molar-refractivity contribution in [1.82, 2.24) is 9.88 Å². The largest absolute Gasteiger partial charge is 0.457 e. The molecule has 3 rings (SSSR count). The van der Waals surface area contributed by atoms with Crippen LogP contribution in [0.25, 0.3) is 0 Å². The molecule has 7 nitrogen and oxygen atoms in total. The molecule has 1 saturated carbocycles. The Kier molecular flexibility index (Phi) is 5.67. The van der Waals surface area contributed by atoms with Crippen molar-refractivity contribution in [2.75, 3.05) is 13.2 Å². The number of hydrogen-bond donors (Lipinski definition) is 0. The fraction of sp³-hybridized carbons (Fsp3) is 0.611. The standard InChI is InChI=1S/C18H21N3O4S/c1-11-10-26-17(20-11)14(7-19)15(22)9-25-18(24)12-6-16(23)21(8-12)13-4-2-3-5-13/h10,12-14H,2-6,8-9H2,1H3/t12-,14+/m1/s1. The zero-order valence-corrected chi connectivity index (χ0v) is 15.5. The number of rotatable bonds is 6. The Bertz CT molecular complexity index is 748. The minimum absolute atomic E-state index is 0.0154. The number of amides is 1. The van der Waals surface area contributed by atoms with E-state index in [4.69, 9.17) is 4.74 Å². The molecule has 0 aromatic carbocycles. The van der Waals surface area contributed by atoms with Crippen molar-refractivity contribution in [2.24, 2.45) is 5.92 Å². The van der Waals surface area contributed by atoms with Gasteiger partial charge in [-0.25, -0.2) is 4.98 Å². The number of esters is 1. The Morgan fingerprint density at radius 3 is 2.81 bits per heavy atom. The Hall–Kier alpha value is -2.27. The van der Waals surface area contributed by atoms with Gasteiger partial charge < -0.3 is 9.64 Å². The topological polar surface area (TPSA) is 100 Å². The molecule has 2 heterocycles. The number of hydrogen-bond acceptors (Lipinski definition) is 7. The molecule has 1 saturated heterocycles. The van der Waals surface area contributed by atoms with E-state index in [0.717, 1.165) is 31.4 Å². The Morgan fingerprint density at radius 1 is 1.46 bits per heavy atom. The molecule has 2 aliphatic rings. The Morgan fingerprint density at radius 2 is 2.19 bits per heavy atom. The Labute approximate surface area is 156 Å². The summed E-state index contributed by atoms with van der Waals surface area (Å²) in [4.78, 5) is 42.6. The normalized spacial score (nSPS) is 21.6. The van der Waals surface area contributed by atoms with Gasteiger partial charge >= 0.3 is 5.97 Å². The third kappa shape index (κ3) is 3.93. The fourth-order valence-electron chi connectivity index (χ4n) is 3.57. The highest BCUT2D eigenvalue weighted by molar-refractivity contribution is 7.09. The summed E-state index contributed by atoms with van der Waals surface area (Å²) in [6.45, 7) is 1.68. The monoisotopic (exact) mass is 375 g/mol. The minimum Gasteiger partial charge on any atom is -0.457 e. The van der Waals surface area contributed by atoms with Crippen LogP contribution < -0.4 is 0 Å². The lowest BCUT2D eigenvalue weighted by molar-refractivity contribution is -0.152. The molecule has 1 aromatic heterocycles. The van der Waals surface area contributed by atoms with Crippen LogP contribution in [0, 0.1) is 24.2 Å². The quantitative estimate of drug-likeness (QED) is 0.705. The molecular formula is C18H21N3O4S. The van der Waals surface area contributed by atoms with Crippen LogP contribution in [0.2, 0.25) is 0 Å². The second-order valence-corrected chi connectivity index (χ2v) is 7.74. The second kappa shape index (κ2) is 7.96. The maximum Gasteiger partial charge on any atom is 0.311 e. The predicted molar refractivity (Wildman–Crippen MR) is 93.2 cm³/mol. The third-order valence-corrected chi connectivity index (χ3v) is 5.98. The molecule has 0 bridgehead atoms. The summed E-state index contributed by atoms with van der Waals surface area (Å²) in [5, 5.41) is 11.4. The molecule has 2 atom stereocenters. The van der Waals surface area contributed by atoms with E-state index in [1.54, 1.807) is 17.2 Å². The van der Waals surface area contributed by atoms with Crippen LogP contribution in [0.1, 0.15) is 48.7 Å². The first-order valence-corrected chi connectivity index (χ1v) is 9.68. The number of nitrogens with zero attached hydrogens (tertiary/aromatic N) is 3. The van der Waals surface area contributed by atoms with E-state index in [1.165, 1.54) is 11.3 Å². The lowest BCUT2D eigenvalue weighted by Crippen LogP contribution is -2.35. The summed E-state index contributed by atoms with van der Waals surface area (Å²) in [5.74, 6) is -2.61. The second-order valence-electron chi connectivity index (χ2n) is 6.85. The van der Waals surface area contributed by atoms with Crippen LogP contribution in [0.5, 0.6) is 0 Å². The zero-order chi connectivity index (χ0) is 18.7. The van der Waals surface area contributed by atoms with E-state index in [9.17, 15) is 19.6 Å². The number of ketones is 1. The van der Waals surface area contributed by atoms with E-state index < -0.39 is 30.2 Å². The van der Waals surface area contributed by atoms with Crippen LogP contribution in [0.3, 0.4) is 0 Å². The molecule has 2 fully saturated rings. The molecule has 0 radical (unpaired) electrons. The number of aryl methyl sites for hydroxylation is 1. The van der Waals surface area contributed by atoms with Gasteiger partial charge in [-0.1, -0.05) is 12.8 Å². The van der Waals surface area contributed by atoms with E-state index in [2.05, 4.69) is 4.98 Å². The van der Waals surface area contributed by atoms with Crippen LogP contribution in [0.15, 0.2) is 5.38 Å². The number of thiazole rings is 1. The first-order chi connectivity index (χ1) is 12.5. The lowest BCUT2D eigenvalue weighted by Gasteiger charge is -2.23. The SMILES string of the molecule is Cc1csc([C@@H](C#N)C(=O)COC(=O)[C@@H]2CC(=O)N(C3CCCC3)C2)n1. The zero-order valence-electron chi connectivity index (χ0n) is 14.6. The van der Waals surface area contributed by atoms with Crippen molar-refractivity contribution in [3.8, 4) is 6.07 Å². The predicted octanol–water partition coefficient (Wildman–Crippen LogP) is 1.96. The van der Waals surface area contributed by atoms with Crippen LogP contribution in [0.4, 0.5) is 0 Å². The van der Waals surface area contributed by atoms with Crippen molar-refractivity contribution in [3.63, 3.8) is 0 Å². The molecule has 0 N–H and O–H groups in total. The molecule has 1 amide bonds. The van der Waals surface area contributed by atoms with Gasteiger partial charge in [0.05, 0.1) is 12.0 Å². The summed E-state index contributed by atoms with van der Waals surface area (Å²) in [6, 6.07) is 2.15. The molecule has 0 spiro atoms. The summed E-state index contributed by atoms with van der Waals surface area (Å²) >= 11 is 1.24. The first-order valence-electron chi connectivity index (χ1n) is 8.80. The molecule has 8 heteroatoms. The third-order valence-electron chi connectivity index (χ3n) is 4.95. The molecule has 138 valence electrons. The van der Waals surface area contributed by atoms with E-state index in [0.29, 0.717) is 11.6 Å². The number of likely N-dealkylation sites (tertiary alicyclic amines) is 1. The molecule has 0 unspecified atom stereocenters. The van der Waals surface area contributed by atoms with Crippen molar-refractivity contribution >= 4 is 29.0 Å². The molecule has 26 heavy (non-hydrogen) atoms. The number of Topliss-reactive ketones (excluding diaryl/α,β-unsaturated/α-hetero) is 1. The summed E-state index contributed by atoms with van der Waals surface area (Å²) in [5.41, 5.74) is 0.742. The van der Waals surface area contributed by atoms with Gasteiger partial charge in [0.2, 0.25) is 5.91 Å². The summed E-state index contributed by atoms with van der Waals surface area (Å²) < 4.78 is 5.12. The number of carbonyl (C=O) groups excluding carboxylic acids is 3. The van der Waals surface area contributed by atoms with E-state index in [-0.39, 0.29) is 18.4 Å². The van der Waals surface area contributed by atoms with Gasteiger partial charge in [-0.2, -0.15) is 5.26 Å². The molecular weight excluding hydrogens is 354 g/mol. The van der Waals surface area contributed by atoms with Gasteiger partial charge in [-0.15, -0.1) is 11.3 Å². The minimum atomic E-state index is -1.03. The highest BCUT2D eigenvalue weighted by atomic mass is 32.1. The van der Waals surface area contributed by atoms with Crippen LogP contribution in [-0.2, 0) is 19.1 Å². The Balaban J connectivity index is 1.53. The van der Waals surface area contributed by atoms with E-state index in [1.807, 2.05) is 6.07 Å². The van der Waals surface area contributed by atoms with Gasteiger partial charge in [-0.3, -0.25) is 14.4 Å². The number of carbonyl (C=O) groups is 3. The average Bonchev–Trinajstić information content (AvgIpc) is 3.34. The molecule has 1 aliphatic heterocycles. The lowest BCUT2D eigenvalue weighted by atomic mass is 10.1. The highest BCUT2D eigenvalue weighted by Gasteiger charge is 2.39. The van der Waals surface area contributed by atoms with Gasteiger partial charge in [-0.05, 0) is 19.8 Å². The van der Waals surface area contributed by atoms with Crippen LogP contribution >= 0.6 is 11.3 Å². The number of aromatic nitrogens is 1. The summed E-state index contributed by atoms with van der Waals surface area (Å²) in [6.07, 6.45) is 4.34. The van der Waals surface area contributed by atoms with Gasteiger partial charge in [0.25, 0.3) is 0 Å². The number of nitriles is 1. The fourth-order valence-corrected chi connectivity index (χ4v) is 4.43. The maximum absolute atomic E-state index is 12.3. The first kappa shape index (κ1) is 18.5. The van der Waals surface area contributed by atoms with E-state index >= 15 is 0 Å². The average molecular weight is 375 g/mol. The molecule has 1 aliphatic carbocycles. The van der Waals surface area contributed by atoms with Crippen molar-refractivity contribution in [3.05, 3.63) is 16.1 Å². The number of ether oxygens (including phenoxy) is 1. The van der Waals surface area contributed by atoms with Gasteiger partial charge in [0, 0.05) is 30.1 Å². The maximum atomic E-state index is 12.3. The van der Waals surface area contributed by atoms with Crippen LogP contribution in [-0.4, -0.2) is 46.7 Å². The summed E-state index contributed by atoms with van der Waals surface area (Å²) in [7, 11) is 0. The van der Waals surface area contributed by atoms with Gasteiger partial charge in [0.15, 0.2) is 18.3 Å². The van der Waals surface area contributed by atoms with Gasteiger partial charge in [0.1, 0.15) is 5.01 Å². The molecule has 1 aromatic rings. The van der Waals surface area contributed by atoms with Crippen molar-refractivity contribution < 1.29 is 19.1 Å².